The molecule has 0 amide bonds. The first-order valence-electron chi connectivity index (χ1n) is 7.05. The second-order valence-corrected chi connectivity index (χ2v) is 6.20. The van der Waals surface area contributed by atoms with Crippen LogP contribution in [0.15, 0.2) is 35.7 Å². The fourth-order valence-electron chi connectivity index (χ4n) is 2.66. The zero-order valence-corrected chi connectivity index (χ0v) is 13.1. The summed E-state index contributed by atoms with van der Waals surface area (Å²) in [7, 11) is 2.12. The smallest absolute Gasteiger partial charge is 0.231 e. The number of hydrogen-bond donors (Lipinski definition) is 1. The Bertz CT molecular complexity index is 600. The Hall–Kier alpha value is -1.56. The van der Waals surface area contributed by atoms with Crippen molar-refractivity contribution in [3.8, 4) is 11.5 Å². The van der Waals surface area contributed by atoms with Gasteiger partial charge in [0.25, 0.3) is 0 Å². The average Bonchev–Trinajstić information content (AvgIpc) is 3.17. The lowest BCUT2D eigenvalue weighted by Gasteiger charge is -2.32. The molecule has 5 heteroatoms. The van der Waals surface area contributed by atoms with Gasteiger partial charge in [-0.2, -0.15) is 0 Å². The van der Waals surface area contributed by atoms with Crippen LogP contribution in [-0.4, -0.2) is 25.3 Å². The largest absolute Gasteiger partial charge is 0.454 e. The van der Waals surface area contributed by atoms with Crippen molar-refractivity contribution in [2.75, 3.05) is 20.4 Å². The Labute approximate surface area is 129 Å². The first-order valence-corrected chi connectivity index (χ1v) is 7.93. The molecule has 1 aromatic carbocycles. The molecule has 0 saturated heterocycles. The fraction of sp³-hybridized carbons (Fsp3) is 0.375. The molecule has 0 saturated carbocycles. The van der Waals surface area contributed by atoms with E-state index in [1.54, 1.807) is 11.3 Å². The van der Waals surface area contributed by atoms with Gasteiger partial charge >= 0.3 is 0 Å². The maximum Gasteiger partial charge on any atom is 0.231 e. The second kappa shape index (κ2) is 6.05. The number of thiophene rings is 1. The van der Waals surface area contributed by atoms with Crippen LogP contribution in [0.5, 0.6) is 11.5 Å². The molecule has 4 nitrogen and oxygen atoms in total. The minimum Gasteiger partial charge on any atom is -0.454 e. The maximum absolute atomic E-state index is 6.03. The van der Waals surface area contributed by atoms with Crippen molar-refractivity contribution in [3.05, 3.63) is 46.2 Å². The van der Waals surface area contributed by atoms with Gasteiger partial charge in [-0.25, -0.2) is 0 Å². The molecule has 1 aromatic heterocycles. The molecule has 0 radical (unpaired) electrons. The molecule has 0 bridgehead atoms. The van der Waals surface area contributed by atoms with Gasteiger partial charge in [0.2, 0.25) is 6.79 Å². The normalized spacial score (nSPS) is 16.2. The molecular weight excluding hydrogens is 284 g/mol. The van der Waals surface area contributed by atoms with Crippen LogP contribution >= 0.6 is 11.3 Å². The highest BCUT2D eigenvalue weighted by Gasteiger charge is 2.24. The molecule has 3 rings (SSSR count). The molecule has 0 aliphatic carbocycles. The highest BCUT2D eigenvalue weighted by atomic mass is 32.1. The van der Waals surface area contributed by atoms with E-state index in [0.717, 1.165) is 17.1 Å². The second-order valence-electron chi connectivity index (χ2n) is 5.22. The predicted molar refractivity (Wildman–Crippen MR) is 84.9 cm³/mol. The van der Waals surface area contributed by atoms with Gasteiger partial charge in [-0.1, -0.05) is 12.1 Å². The minimum absolute atomic E-state index is 0.150. The van der Waals surface area contributed by atoms with E-state index in [2.05, 4.69) is 42.5 Å². The van der Waals surface area contributed by atoms with Crippen molar-refractivity contribution in [2.24, 2.45) is 5.73 Å². The van der Waals surface area contributed by atoms with E-state index >= 15 is 0 Å². The van der Waals surface area contributed by atoms with Crippen molar-refractivity contribution in [1.82, 2.24) is 4.90 Å². The van der Waals surface area contributed by atoms with Gasteiger partial charge in [0.05, 0.1) is 0 Å². The Kier molecular flexibility index (Phi) is 4.14. The average molecular weight is 304 g/mol. The molecule has 1 aliphatic rings. The van der Waals surface area contributed by atoms with E-state index in [1.807, 2.05) is 12.1 Å². The topological polar surface area (TPSA) is 47.7 Å². The van der Waals surface area contributed by atoms with E-state index in [9.17, 15) is 0 Å². The van der Waals surface area contributed by atoms with Crippen molar-refractivity contribution in [2.45, 2.75) is 19.0 Å². The summed E-state index contributed by atoms with van der Waals surface area (Å²) in [5, 5.41) is 2.11. The number of likely N-dealkylation sites (N-methyl/N-ethyl adjacent to an activating group) is 1. The van der Waals surface area contributed by atoms with Crippen LogP contribution in [0.1, 0.15) is 29.4 Å². The highest BCUT2D eigenvalue weighted by Crippen LogP contribution is 2.37. The highest BCUT2D eigenvalue weighted by molar-refractivity contribution is 7.10. The molecular formula is C16H20N2O2S. The van der Waals surface area contributed by atoms with Gasteiger partial charge in [0, 0.05) is 23.5 Å². The lowest BCUT2D eigenvalue weighted by Crippen LogP contribution is -2.32. The Morgan fingerprint density at radius 3 is 2.81 bits per heavy atom. The zero-order chi connectivity index (χ0) is 14.8. The third kappa shape index (κ3) is 2.77. The van der Waals surface area contributed by atoms with Crippen LogP contribution in [-0.2, 0) is 0 Å². The molecule has 2 heterocycles. The molecule has 21 heavy (non-hydrogen) atoms. The van der Waals surface area contributed by atoms with Gasteiger partial charge in [-0.15, -0.1) is 11.3 Å². The zero-order valence-electron chi connectivity index (χ0n) is 12.3. The van der Waals surface area contributed by atoms with Crippen LogP contribution in [0.25, 0.3) is 0 Å². The molecule has 0 fully saturated rings. The monoisotopic (exact) mass is 304 g/mol. The predicted octanol–water partition coefficient (Wildman–Crippen LogP) is 3.17. The summed E-state index contributed by atoms with van der Waals surface area (Å²) in [4.78, 5) is 3.65. The van der Waals surface area contributed by atoms with Crippen LogP contribution in [0.4, 0.5) is 0 Å². The van der Waals surface area contributed by atoms with Gasteiger partial charge in [-0.05, 0) is 43.1 Å². The summed E-state index contributed by atoms with van der Waals surface area (Å²) in [6, 6.07) is 10.8. The number of nitrogens with two attached hydrogens (primary N) is 1. The van der Waals surface area contributed by atoms with Gasteiger partial charge < -0.3 is 15.2 Å². The van der Waals surface area contributed by atoms with Crippen LogP contribution < -0.4 is 15.2 Å². The Morgan fingerprint density at radius 1 is 1.29 bits per heavy atom. The Morgan fingerprint density at radius 2 is 2.10 bits per heavy atom. The summed E-state index contributed by atoms with van der Waals surface area (Å²) in [6.45, 7) is 3.07. The summed E-state index contributed by atoms with van der Waals surface area (Å²) < 4.78 is 10.8. The molecule has 1 aliphatic heterocycles. The first-order chi connectivity index (χ1) is 10.2. The first kappa shape index (κ1) is 14.4. The number of nitrogens with zero attached hydrogens (tertiary/aromatic N) is 1. The van der Waals surface area contributed by atoms with Crippen LogP contribution in [0.3, 0.4) is 0 Å². The van der Waals surface area contributed by atoms with Crippen LogP contribution in [0.2, 0.25) is 0 Å². The summed E-state index contributed by atoms with van der Waals surface area (Å²) in [6.07, 6.45) is 0. The minimum atomic E-state index is 0.150. The number of fused-ring (bicyclic) bond motifs is 1. The van der Waals surface area contributed by atoms with E-state index in [0.29, 0.717) is 19.4 Å². The molecule has 2 N–H and O–H groups in total. The van der Waals surface area contributed by atoms with E-state index in [1.165, 1.54) is 4.88 Å². The lowest BCUT2D eigenvalue weighted by atomic mass is 10.0. The van der Waals surface area contributed by atoms with E-state index < -0.39 is 0 Å². The molecule has 2 unspecified atom stereocenters. The SMILES string of the molecule is CC(c1cccs1)N(C)C(CN)c1ccc2c(c1)OCO2. The van der Waals surface area contributed by atoms with E-state index in [-0.39, 0.29) is 6.04 Å². The summed E-state index contributed by atoms with van der Waals surface area (Å²) in [5.74, 6) is 1.62. The third-order valence-corrected chi connectivity index (χ3v) is 5.10. The number of rotatable bonds is 5. The summed E-state index contributed by atoms with van der Waals surface area (Å²) >= 11 is 1.78. The van der Waals surface area contributed by atoms with Gasteiger partial charge in [0.15, 0.2) is 11.5 Å². The van der Waals surface area contributed by atoms with Crippen molar-refractivity contribution in [1.29, 1.82) is 0 Å². The van der Waals surface area contributed by atoms with E-state index in [4.69, 9.17) is 15.2 Å². The van der Waals surface area contributed by atoms with Crippen molar-refractivity contribution < 1.29 is 9.47 Å². The van der Waals surface area contributed by atoms with Crippen molar-refractivity contribution in [3.63, 3.8) is 0 Å². The van der Waals surface area contributed by atoms with Crippen LogP contribution in [0, 0.1) is 0 Å². The lowest BCUT2D eigenvalue weighted by molar-refractivity contribution is 0.173. The van der Waals surface area contributed by atoms with Crippen molar-refractivity contribution >= 4 is 11.3 Å². The molecule has 112 valence electrons. The van der Waals surface area contributed by atoms with Gasteiger partial charge in [0.1, 0.15) is 0 Å². The number of hydrogen-bond acceptors (Lipinski definition) is 5. The summed E-state index contributed by atoms with van der Waals surface area (Å²) in [5.41, 5.74) is 7.19. The third-order valence-electron chi connectivity index (χ3n) is 4.06. The quantitative estimate of drug-likeness (QED) is 0.921. The maximum atomic E-state index is 6.03. The van der Waals surface area contributed by atoms with Gasteiger partial charge in [-0.3, -0.25) is 4.90 Å². The number of benzene rings is 1. The fourth-order valence-corrected chi connectivity index (χ4v) is 3.49. The Balaban J connectivity index is 1.84. The number of ether oxygens (including phenoxy) is 2. The molecule has 2 atom stereocenters. The molecule has 2 aromatic rings. The standard InChI is InChI=1S/C16H20N2O2S/c1-11(16-4-3-7-21-16)18(2)13(9-17)12-5-6-14-15(8-12)20-10-19-14/h3-8,11,13H,9-10,17H2,1-2H3. The molecule has 0 spiro atoms.